The fourth-order valence-corrected chi connectivity index (χ4v) is 2.70. The normalized spacial score (nSPS) is 13.2. The standard InChI is InChI=1S/C17H37N/c1-5-9-12-14-17(13-10-6-2)18(15-8-4)16-11-7-3/h17H,5-16H2,1-4H3. The summed E-state index contributed by atoms with van der Waals surface area (Å²) in [4.78, 5) is 2.79. The molecule has 0 aliphatic heterocycles. The minimum atomic E-state index is 0.864. The van der Waals surface area contributed by atoms with Crippen LogP contribution in [0.4, 0.5) is 0 Å². The predicted octanol–water partition coefficient (Wildman–Crippen LogP) is 5.64. The van der Waals surface area contributed by atoms with E-state index in [1.54, 1.807) is 0 Å². The topological polar surface area (TPSA) is 3.24 Å². The Balaban J connectivity index is 4.22. The third-order valence-electron chi connectivity index (χ3n) is 3.86. The van der Waals surface area contributed by atoms with E-state index in [1.165, 1.54) is 77.3 Å². The predicted molar refractivity (Wildman–Crippen MR) is 84.2 cm³/mol. The second-order valence-electron chi connectivity index (χ2n) is 5.68. The largest absolute Gasteiger partial charge is 0.300 e. The van der Waals surface area contributed by atoms with E-state index in [1.807, 2.05) is 0 Å². The van der Waals surface area contributed by atoms with Gasteiger partial charge in [0.1, 0.15) is 0 Å². The molecule has 0 aromatic rings. The molecule has 0 aromatic carbocycles. The Bertz CT molecular complexity index is 156. The van der Waals surface area contributed by atoms with Crippen LogP contribution in [0.1, 0.15) is 91.9 Å². The van der Waals surface area contributed by atoms with Crippen molar-refractivity contribution in [2.75, 3.05) is 13.1 Å². The van der Waals surface area contributed by atoms with Crippen LogP contribution >= 0.6 is 0 Å². The van der Waals surface area contributed by atoms with Gasteiger partial charge in [0.25, 0.3) is 0 Å². The van der Waals surface area contributed by atoms with Crippen LogP contribution < -0.4 is 0 Å². The van der Waals surface area contributed by atoms with Crippen molar-refractivity contribution in [2.45, 2.75) is 97.9 Å². The van der Waals surface area contributed by atoms with Gasteiger partial charge in [0.05, 0.1) is 0 Å². The molecule has 1 atom stereocenters. The van der Waals surface area contributed by atoms with Crippen LogP contribution in [0.5, 0.6) is 0 Å². The highest BCUT2D eigenvalue weighted by molar-refractivity contribution is 4.72. The van der Waals surface area contributed by atoms with Crippen LogP contribution in [0.25, 0.3) is 0 Å². The molecule has 0 bridgehead atoms. The number of hydrogen-bond donors (Lipinski definition) is 0. The molecule has 18 heavy (non-hydrogen) atoms. The van der Waals surface area contributed by atoms with E-state index in [0.29, 0.717) is 0 Å². The number of rotatable bonds is 13. The first-order valence-electron chi connectivity index (χ1n) is 8.54. The minimum Gasteiger partial charge on any atom is -0.300 e. The molecule has 0 heterocycles. The molecule has 0 saturated carbocycles. The highest BCUT2D eigenvalue weighted by Crippen LogP contribution is 2.17. The third-order valence-corrected chi connectivity index (χ3v) is 3.86. The molecule has 0 rings (SSSR count). The smallest absolute Gasteiger partial charge is 0.00952 e. The Morgan fingerprint density at radius 2 is 1.22 bits per heavy atom. The first kappa shape index (κ1) is 18.0. The van der Waals surface area contributed by atoms with Gasteiger partial charge in [0, 0.05) is 6.04 Å². The molecule has 0 N–H and O–H groups in total. The molecule has 0 radical (unpaired) electrons. The molecule has 0 amide bonds. The van der Waals surface area contributed by atoms with Gasteiger partial charge < -0.3 is 4.90 Å². The van der Waals surface area contributed by atoms with Crippen molar-refractivity contribution < 1.29 is 0 Å². The zero-order valence-electron chi connectivity index (χ0n) is 13.5. The summed E-state index contributed by atoms with van der Waals surface area (Å²) in [6.45, 7) is 11.9. The molecule has 1 heteroatoms. The lowest BCUT2D eigenvalue weighted by Crippen LogP contribution is -2.36. The van der Waals surface area contributed by atoms with E-state index in [4.69, 9.17) is 0 Å². The molecule has 0 aromatic heterocycles. The van der Waals surface area contributed by atoms with Gasteiger partial charge in [-0.25, -0.2) is 0 Å². The third kappa shape index (κ3) is 8.97. The quantitative estimate of drug-likeness (QED) is 0.385. The Labute approximate surface area is 116 Å². The van der Waals surface area contributed by atoms with Gasteiger partial charge in [-0.2, -0.15) is 0 Å². The van der Waals surface area contributed by atoms with Crippen LogP contribution in [0.3, 0.4) is 0 Å². The molecule has 0 spiro atoms. The lowest BCUT2D eigenvalue weighted by Gasteiger charge is -2.32. The highest BCUT2D eigenvalue weighted by Gasteiger charge is 2.16. The maximum atomic E-state index is 2.79. The lowest BCUT2D eigenvalue weighted by molar-refractivity contribution is 0.169. The first-order valence-corrected chi connectivity index (χ1v) is 8.54. The van der Waals surface area contributed by atoms with Crippen LogP contribution in [-0.2, 0) is 0 Å². The van der Waals surface area contributed by atoms with Gasteiger partial charge in [-0.3, -0.25) is 0 Å². The minimum absolute atomic E-state index is 0.864. The SMILES string of the molecule is CCCCCC(CCCC)N(CCC)CCCC. The van der Waals surface area contributed by atoms with Gasteiger partial charge in [-0.1, -0.05) is 66.2 Å². The summed E-state index contributed by atoms with van der Waals surface area (Å²) < 4.78 is 0. The Morgan fingerprint density at radius 1 is 0.611 bits per heavy atom. The Kier molecular flexibility index (Phi) is 13.4. The molecule has 1 nitrogen and oxygen atoms in total. The number of unbranched alkanes of at least 4 members (excludes halogenated alkanes) is 4. The van der Waals surface area contributed by atoms with E-state index >= 15 is 0 Å². The maximum Gasteiger partial charge on any atom is 0.00952 e. The van der Waals surface area contributed by atoms with Gasteiger partial charge in [0.2, 0.25) is 0 Å². The van der Waals surface area contributed by atoms with Crippen LogP contribution in [0, 0.1) is 0 Å². The molecular formula is C17H37N. The van der Waals surface area contributed by atoms with E-state index < -0.39 is 0 Å². The second kappa shape index (κ2) is 13.4. The summed E-state index contributed by atoms with van der Waals surface area (Å²) >= 11 is 0. The molecule has 110 valence electrons. The van der Waals surface area contributed by atoms with Gasteiger partial charge in [-0.05, 0) is 38.8 Å². The van der Waals surface area contributed by atoms with Gasteiger partial charge >= 0.3 is 0 Å². The fraction of sp³-hybridized carbons (Fsp3) is 1.00. The summed E-state index contributed by atoms with van der Waals surface area (Å²) in [6, 6.07) is 0.864. The number of nitrogens with zero attached hydrogens (tertiary/aromatic N) is 1. The average molecular weight is 255 g/mol. The van der Waals surface area contributed by atoms with Crippen molar-refractivity contribution >= 4 is 0 Å². The van der Waals surface area contributed by atoms with Crippen LogP contribution in [0.15, 0.2) is 0 Å². The van der Waals surface area contributed by atoms with Crippen molar-refractivity contribution in [3.8, 4) is 0 Å². The molecule has 0 fully saturated rings. The molecule has 0 aliphatic rings. The summed E-state index contributed by atoms with van der Waals surface area (Å²) in [6.07, 6.45) is 13.8. The zero-order chi connectivity index (χ0) is 13.6. The van der Waals surface area contributed by atoms with Crippen molar-refractivity contribution in [3.63, 3.8) is 0 Å². The second-order valence-corrected chi connectivity index (χ2v) is 5.68. The van der Waals surface area contributed by atoms with Gasteiger partial charge in [-0.15, -0.1) is 0 Å². The Hall–Kier alpha value is -0.0400. The van der Waals surface area contributed by atoms with Crippen molar-refractivity contribution in [1.29, 1.82) is 0 Å². The lowest BCUT2D eigenvalue weighted by atomic mass is 10.0. The molecular weight excluding hydrogens is 218 g/mol. The summed E-state index contributed by atoms with van der Waals surface area (Å²) in [7, 11) is 0. The average Bonchev–Trinajstić information content (AvgIpc) is 2.39. The van der Waals surface area contributed by atoms with E-state index in [2.05, 4.69) is 32.6 Å². The van der Waals surface area contributed by atoms with Gasteiger partial charge in [0.15, 0.2) is 0 Å². The fourth-order valence-electron chi connectivity index (χ4n) is 2.70. The first-order chi connectivity index (χ1) is 8.79. The molecule has 0 aliphatic carbocycles. The summed E-state index contributed by atoms with van der Waals surface area (Å²) in [5.74, 6) is 0. The van der Waals surface area contributed by atoms with Crippen LogP contribution in [-0.4, -0.2) is 24.0 Å². The highest BCUT2D eigenvalue weighted by atomic mass is 15.1. The summed E-state index contributed by atoms with van der Waals surface area (Å²) in [5.41, 5.74) is 0. The van der Waals surface area contributed by atoms with Crippen molar-refractivity contribution in [3.05, 3.63) is 0 Å². The molecule has 1 unspecified atom stereocenters. The molecule has 0 saturated heterocycles. The Morgan fingerprint density at radius 3 is 1.78 bits per heavy atom. The van der Waals surface area contributed by atoms with Crippen molar-refractivity contribution in [1.82, 2.24) is 4.90 Å². The van der Waals surface area contributed by atoms with E-state index in [-0.39, 0.29) is 0 Å². The van der Waals surface area contributed by atoms with Crippen molar-refractivity contribution in [2.24, 2.45) is 0 Å². The van der Waals surface area contributed by atoms with Crippen LogP contribution in [0.2, 0.25) is 0 Å². The number of hydrogen-bond acceptors (Lipinski definition) is 1. The zero-order valence-corrected chi connectivity index (χ0v) is 13.5. The van der Waals surface area contributed by atoms with E-state index in [9.17, 15) is 0 Å². The van der Waals surface area contributed by atoms with E-state index in [0.717, 1.165) is 6.04 Å². The monoisotopic (exact) mass is 255 g/mol. The maximum absolute atomic E-state index is 2.79. The summed E-state index contributed by atoms with van der Waals surface area (Å²) in [5, 5.41) is 0.